The fourth-order valence-electron chi connectivity index (χ4n) is 1.78. The molecule has 0 spiro atoms. The predicted octanol–water partition coefficient (Wildman–Crippen LogP) is 3.29. The van der Waals surface area contributed by atoms with Crippen molar-refractivity contribution in [1.82, 2.24) is 0 Å². The first-order valence-electron chi connectivity index (χ1n) is 4.47. The molecule has 3 heterocycles. The molecular weight excluding hydrogens is 212 g/mol. The Morgan fingerprint density at radius 1 is 1.29 bits per heavy atom. The third kappa shape index (κ3) is 1.07. The number of nitrogens with one attached hydrogen (secondary N) is 1. The van der Waals surface area contributed by atoms with E-state index < -0.39 is 0 Å². The van der Waals surface area contributed by atoms with E-state index in [9.17, 15) is 0 Å². The minimum Gasteiger partial charge on any atom is -0.391 e. The van der Waals surface area contributed by atoms with Crippen LogP contribution >= 0.6 is 22.7 Å². The molecule has 0 atom stereocenters. The van der Waals surface area contributed by atoms with Gasteiger partial charge in [0.25, 0.3) is 0 Å². The summed E-state index contributed by atoms with van der Waals surface area (Å²) in [5.74, 6) is 0. The Balaban J connectivity index is 2.27. The molecule has 0 bridgehead atoms. The van der Waals surface area contributed by atoms with Gasteiger partial charge in [0, 0.05) is 11.4 Å². The lowest BCUT2D eigenvalue weighted by molar-refractivity contribution is 1.15. The van der Waals surface area contributed by atoms with Gasteiger partial charge in [0.05, 0.1) is 20.4 Å². The minimum atomic E-state index is 0.909. The lowest BCUT2D eigenvalue weighted by Gasteiger charge is -2.13. The molecule has 0 aromatic carbocycles. The molecule has 3 N–H and O–H groups in total. The molecule has 4 heteroatoms. The summed E-state index contributed by atoms with van der Waals surface area (Å²) in [6, 6.07) is 4.28. The Morgan fingerprint density at radius 3 is 3.00 bits per heavy atom. The molecule has 1 aliphatic rings. The lowest BCUT2D eigenvalue weighted by Crippen LogP contribution is -2.03. The molecule has 0 saturated carbocycles. The first-order chi connectivity index (χ1) is 6.74. The summed E-state index contributed by atoms with van der Waals surface area (Å²) < 4.78 is 0. The fraction of sp³-hybridized carbons (Fsp3) is 0.200. The van der Waals surface area contributed by atoms with Gasteiger partial charge in [-0.1, -0.05) is 0 Å². The maximum atomic E-state index is 5.82. The molecule has 14 heavy (non-hydrogen) atoms. The highest BCUT2D eigenvalue weighted by Gasteiger charge is 2.20. The molecule has 0 unspecified atom stereocenters. The average Bonchev–Trinajstić information content (AvgIpc) is 2.65. The van der Waals surface area contributed by atoms with E-state index in [0.29, 0.717) is 0 Å². The van der Waals surface area contributed by atoms with E-state index in [0.717, 1.165) is 11.5 Å². The highest BCUT2D eigenvalue weighted by Crippen LogP contribution is 2.46. The second kappa shape index (κ2) is 2.74. The molecule has 2 aromatic heterocycles. The van der Waals surface area contributed by atoms with Crippen LogP contribution in [0.25, 0.3) is 9.75 Å². The highest BCUT2D eigenvalue weighted by molar-refractivity contribution is 7.24. The summed E-state index contributed by atoms with van der Waals surface area (Å²) in [5.41, 5.74) is 8.42. The Morgan fingerprint density at radius 2 is 2.14 bits per heavy atom. The van der Waals surface area contributed by atoms with Crippen LogP contribution in [0.5, 0.6) is 0 Å². The molecule has 2 nitrogen and oxygen atoms in total. The van der Waals surface area contributed by atoms with Gasteiger partial charge in [0.2, 0.25) is 0 Å². The lowest BCUT2D eigenvalue weighted by atomic mass is 10.1. The van der Waals surface area contributed by atoms with E-state index in [1.54, 1.807) is 11.3 Å². The van der Waals surface area contributed by atoms with E-state index >= 15 is 0 Å². The van der Waals surface area contributed by atoms with Crippen molar-refractivity contribution in [3.63, 3.8) is 0 Å². The van der Waals surface area contributed by atoms with Gasteiger partial charge in [0.1, 0.15) is 0 Å². The Labute approximate surface area is 90.4 Å². The van der Waals surface area contributed by atoms with Crippen LogP contribution in [0.3, 0.4) is 0 Å². The van der Waals surface area contributed by atoms with Crippen molar-refractivity contribution in [3.05, 3.63) is 22.6 Å². The van der Waals surface area contributed by atoms with Gasteiger partial charge in [-0.2, -0.15) is 0 Å². The van der Waals surface area contributed by atoms with Crippen molar-refractivity contribution >= 4 is 33.4 Å². The zero-order valence-corrected chi connectivity index (χ0v) is 9.39. The number of fused-ring (bicyclic) bond motifs is 3. The van der Waals surface area contributed by atoms with Crippen LogP contribution in [0.15, 0.2) is 12.1 Å². The van der Waals surface area contributed by atoms with E-state index in [1.165, 1.54) is 25.9 Å². The number of hydrogen-bond acceptors (Lipinski definition) is 4. The molecule has 0 radical (unpaired) electrons. The number of rotatable bonds is 0. The summed E-state index contributed by atoms with van der Waals surface area (Å²) in [7, 11) is 0. The number of nitrogens with two attached hydrogens (primary N) is 1. The first-order valence-corrected chi connectivity index (χ1v) is 6.10. The van der Waals surface area contributed by atoms with Crippen LogP contribution in [0.2, 0.25) is 0 Å². The molecule has 0 fully saturated rings. The standard InChI is InChI=1S/C10H10N2S2/c1-5-2-7-10(13-5)9-6(4-12-7)3-8(11)14-9/h2-3,12H,4,11H2,1H3. The molecule has 1 aliphatic heterocycles. The van der Waals surface area contributed by atoms with Crippen LogP contribution in [0.1, 0.15) is 10.4 Å². The van der Waals surface area contributed by atoms with E-state index in [1.807, 2.05) is 11.3 Å². The fourth-order valence-corrected chi connectivity index (χ4v) is 3.89. The van der Waals surface area contributed by atoms with Crippen molar-refractivity contribution in [2.24, 2.45) is 0 Å². The second-order valence-corrected chi connectivity index (χ2v) is 5.80. The number of thiophene rings is 2. The number of aryl methyl sites for hydroxylation is 1. The Bertz CT molecular complexity index is 450. The normalized spacial score (nSPS) is 13.2. The molecule has 2 aromatic rings. The van der Waals surface area contributed by atoms with Gasteiger partial charge in [0.15, 0.2) is 0 Å². The number of anilines is 2. The topological polar surface area (TPSA) is 38.0 Å². The minimum absolute atomic E-state index is 0.909. The van der Waals surface area contributed by atoms with E-state index in [4.69, 9.17) is 5.73 Å². The second-order valence-electron chi connectivity index (χ2n) is 3.46. The van der Waals surface area contributed by atoms with Crippen molar-refractivity contribution in [2.75, 3.05) is 11.1 Å². The monoisotopic (exact) mass is 222 g/mol. The molecule has 3 rings (SSSR count). The third-order valence-electron chi connectivity index (χ3n) is 2.36. The Hall–Kier alpha value is -1.00. The van der Waals surface area contributed by atoms with Gasteiger partial charge >= 0.3 is 0 Å². The van der Waals surface area contributed by atoms with Crippen molar-refractivity contribution in [1.29, 1.82) is 0 Å². The predicted molar refractivity (Wildman–Crippen MR) is 64.1 cm³/mol. The summed E-state index contributed by atoms with van der Waals surface area (Å²) in [5, 5.41) is 4.33. The summed E-state index contributed by atoms with van der Waals surface area (Å²) in [6.45, 7) is 3.05. The number of hydrogen-bond donors (Lipinski definition) is 2. The molecule has 0 amide bonds. The van der Waals surface area contributed by atoms with Gasteiger partial charge in [-0.3, -0.25) is 0 Å². The van der Waals surface area contributed by atoms with Crippen LogP contribution in [0, 0.1) is 6.92 Å². The van der Waals surface area contributed by atoms with Gasteiger partial charge < -0.3 is 11.1 Å². The maximum absolute atomic E-state index is 5.82. The highest BCUT2D eigenvalue weighted by atomic mass is 32.1. The zero-order chi connectivity index (χ0) is 9.71. The Kier molecular flexibility index (Phi) is 1.63. The molecule has 0 saturated heterocycles. The van der Waals surface area contributed by atoms with Gasteiger partial charge in [-0.05, 0) is 24.6 Å². The van der Waals surface area contributed by atoms with E-state index in [2.05, 4.69) is 24.4 Å². The molecular formula is C10H10N2S2. The third-order valence-corrected chi connectivity index (χ3v) is 4.58. The van der Waals surface area contributed by atoms with Crippen LogP contribution in [0.4, 0.5) is 10.7 Å². The zero-order valence-electron chi connectivity index (χ0n) is 7.76. The van der Waals surface area contributed by atoms with Crippen LogP contribution in [-0.4, -0.2) is 0 Å². The molecule has 72 valence electrons. The van der Waals surface area contributed by atoms with E-state index in [-0.39, 0.29) is 0 Å². The summed E-state index contributed by atoms with van der Waals surface area (Å²) >= 11 is 3.53. The van der Waals surface area contributed by atoms with Crippen molar-refractivity contribution < 1.29 is 0 Å². The SMILES string of the molecule is Cc1cc2c(s1)-c1sc(N)cc1CN2. The maximum Gasteiger partial charge on any atom is 0.0866 e. The van der Waals surface area contributed by atoms with Crippen LogP contribution < -0.4 is 11.1 Å². The van der Waals surface area contributed by atoms with Gasteiger partial charge in [-0.15, -0.1) is 22.7 Å². The quantitative estimate of drug-likeness (QED) is 0.717. The first kappa shape index (κ1) is 8.32. The molecule has 0 aliphatic carbocycles. The van der Waals surface area contributed by atoms with Crippen molar-refractivity contribution in [2.45, 2.75) is 13.5 Å². The summed E-state index contributed by atoms with van der Waals surface area (Å²) in [4.78, 5) is 4.06. The smallest absolute Gasteiger partial charge is 0.0866 e. The average molecular weight is 222 g/mol. The largest absolute Gasteiger partial charge is 0.391 e. The van der Waals surface area contributed by atoms with Crippen molar-refractivity contribution in [3.8, 4) is 9.75 Å². The van der Waals surface area contributed by atoms with Crippen LogP contribution in [-0.2, 0) is 6.54 Å². The number of nitrogen functional groups attached to an aromatic ring is 1. The summed E-state index contributed by atoms with van der Waals surface area (Å²) in [6.07, 6.45) is 0. The van der Waals surface area contributed by atoms with Gasteiger partial charge in [-0.25, -0.2) is 0 Å².